The van der Waals surface area contributed by atoms with Gasteiger partial charge in [0, 0.05) is 18.3 Å². The number of nitrogens with one attached hydrogen (secondary N) is 1. The zero-order valence-corrected chi connectivity index (χ0v) is 9.83. The molecule has 0 radical (unpaired) electrons. The third-order valence-electron chi connectivity index (χ3n) is 2.22. The lowest BCUT2D eigenvalue weighted by molar-refractivity contribution is -0.0819. The predicted molar refractivity (Wildman–Crippen MR) is 60.8 cm³/mol. The van der Waals surface area contributed by atoms with E-state index >= 15 is 0 Å². The summed E-state index contributed by atoms with van der Waals surface area (Å²) in [5, 5.41) is 3.41. The molecule has 0 amide bonds. The molecule has 1 aromatic rings. The summed E-state index contributed by atoms with van der Waals surface area (Å²) in [7, 11) is 0. The molecule has 0 aliphatic carbocycles. The molecule has 6 heteroatoms. The molecule has 1 aliphatic heterocycles. The van der Waals surface area contributed by atoms with Crippen LogP contribution in [0.4, 0.5) is 5.82 Å². The average Bonchev–Trinajstić information content (AvgIpc) is 2.27. The van der Waals surface area contributed by atoms with E-state index in [1.165, 1.54) is 0 Å². The first-order valence-electron chi connectivity index (χ1n) is 5.18. The molecule has 2 rings (SSSR count). The van der Waals surface area contributed by atoms with Crippen molar-refractivity contribution in [3.8, 4) is 0 Å². The summed E-state index contributed by atoms with van der Waals surface area (Å²) in [6, 6.07) is 1.84. The summed E-state index contributed by atoms with van der Waals surface area (Å²) in [4.78, 5) is 8.05. The first-order chi connectivity index (χ1) is 7.74. The molecule has 1 atom stereocenters. The average molecular weight is 244 g/mol. The number of aryl methyl sites for hydroxylation is 1. The molecule has 1 aliphatic rings. The Kier molecular flexibility index (Phi) is 3.93. The van der Waals surface area contributed by atoms with Crippen LogP contribution in [0.1, 0.15) is 5.69 Å². The van der Waals surface area contributed by atoms with Crippen molar-refractivity contribution in [2.75, 3.05) is 31.7 Å². The SMILES string of the molecule is Cc1cc(NCC2COCCO2)nc(Cl)n1. The van der Waals surface area contributed by atoms with E-state index in [4.69, 9.17) is 21.1 Å². The van der Waals surface area contributed by atoms with E-state index in [0.29, 0.717) is 32.2 Å². The molecule has 2 heterocycles. The van der Waals surface area contributed by atoms with E-state index in [1.54, 1.807) is 0 Å². The summed E-state index contributed by atoms with van der Waals surface area (Å²) in [5.74, 6) is 0.715. The van der Waals surface area contributed by atoms with Crippen molar-refractivity contribution in [2.45, 2.75) is 13.0 Å². The highest BCUT2D eigenvalue weighted by atomic mass is 35.5. The molecule has 1 saturated heterocycles. The van der Waals surface area contributed by atoms with Gasteiger partial charge in [-0.15, -0.1) is 0 Å². The predicted octanol–water partition coefficient (Wildman–Crippen LogP) is 1.27. The van der Waals surface area contributed by atoms with Gasteiger partial charge in [-0.1, -0.05) is 0 Å². The van der Waals surface area contributed by atoms with Gasteiger partial charge < -0.3 is 14.8 Å². The van der Waals surface area contributed by atoms with Gasteiger partial charge in [-0.3, -0.25) is 0 Å². The molecule has 5 nitrogen and oxygen atoms in total. The molecular weight excluding hydrogens is 230 g/mol. The van der Waals surface area contributed by atoms with E-state index in [0.717, 1.165) is 5.69 Å². The Morgan fingerprint density at radius 2 is 2.38 bits per heavy atom. The number of aromatic nitrogens is 2. The molecule has 0 spiro atoms. The molecule has 1 aromatic heterocycles. The molecule has 1 fully saturated rings. The molecule has 1 N–H and O–H groups in total. The highest BCUT2D eigenvalue weighted by molar-refractivity contribution is 6.28. The number of hydrogen-bond donors (Lipinski definition) is 1. The van der Waals surface area contributed by atoms with Crippen molar-refractivity contribution in [3.63, 3.8) is 0 Å². The maximum atomic E-state index is 5.75. The van der Waals surface area contributed by atoms with Crippen molar-refractivity contribution >= 4 is 17.4 Å². The lowest BCUT2D eigenvalue weighted by atomic mass is 10.3. The Labute approximate surface area is 99.1 Å². The van der Waals surface area contributed by atoms with Gasteiger partial charge in [0.15, 0.2) is 0 Å². The molecule has 16 heavy (non-hydrogen) atoms. The summed E-state index contributed by atoms with van der Waals surface area (Å²) in [6.45, 7) is 4.47. The normalized spacial score (nSPS) is 20.8. The maximum Gasteiger partial charge on any atom is 0.224 e. The van der Waals surface area contributed by atoms with Gasteiger partial charge in [-0.05, 0) is 18.5 Å². The number of anilines is 1. The maximum absolute atomic E-state index is 5.75. The molecular formula is C10H14ClN3O2. The monoisotopic (exact) mass is 243 g/mol. The van der Waals surface area contributed by atoms with Crippen molar-refractivity contribution in [2.24, 2.45) is 0 Å². The number of ether oxygens (including phenoxy) is 2. The van der Waals surface area contributed by atoms with Crippen LogP contribution in [-0.4, -0.2) is 42.4 Å². The van der Waals surface area contributed by atoms with Crippen molar-refractivity contribution in [1.82, 2.24) is 9.97 Å². The van der Waals surface area contributed by atoms with Crippen LogP contribution in [0.3, 0.4) is 0 Å². The van der Waals surface area contributed by atoms with Gasteiger partial charge >= 0.3 is 0 Å². The molecule has 1 unspecified atom stereocenters. The van der Waals surface area contributed by atoms with Crippen LogP contribution in [0.5, 0.6) is 0 Å². The summed E-state index contributed by atoms with van der Waals surface area (Å²) in [6.07, 6.45) is 0.0720. The first-order valence-corrected chi connectivity index (χ1v) is 5.56. The number of nitrogens with zero attached hydrogens (tertiary/aromatic N) is 2. The minimum atomic E-state index is 0.0720. The Bertz CT molecular complexity index is 336. The summed E-state index contributed by atoms with van der Waals surface area (Å²) in [5.41, 5.74) is 0.836. The van der Waals surface area contributed by atoms with Gasteiger partial charge in [0.05, 0.1) is 25.9 Å². The lowest BCUT2D eigenvalue weighted by Crippen LogP contribution is -2.34. The first kappa shape index (κ1) is 11.6. The van der Waals surface area contributed by atoms with Crippen molar-refractivity contribution < 1.29 is 9.47 Å². The van der Waals surface area contributed by atoms with Crippen molar-refractivity contribution in [1.29, 1.82) is 0 Å². The Morgan fingerprint density at radius 1 is 1.50 bits per heavy atom. The number of rotatable bonds is 3. The molecule has 88 valence electrons. The van der Waals surface area contributed by atoms with Crippen LogP contribution in [0.2, 0.25) is 5.28 Å². The van der Waals surface area contributed by atoms with Crippen molar-refractivity contribution in [3.05, 3.63) is 17.0 Å². The molecule has 0 aromatic carbocycles. The number of halogens is 1. The van der Waals surface area contributed by atoms with Crippen LogP contribution >= 0.6 is 11.6 Å². The van der Waals surface area contributed by atoms with E-state index in [9.17, 15) is 0 Å². The number of hydrogen-bond acceptors (Lipinski definition) is 5. The van der Waals surface area contributed by atoms with Gasteiger partial charge in [0.2, 0.25) is 5.28 Å². The topological polar surface area (TPSA) is 56.3 Å². The van der Waals surface area contributed by atoms with Gasteiger partial charge in [-0.25, -0.2) is 9.97 Å². The highest BCUT2D eigenvalue weighted by Crippen LogP contribution is 2.10. The fourth-order valence-electron chi connectivity index (χ4n) is 1.50. The second-order valence-electron chi connectivity index (χ2n) is 3.61. The second kappa shape index (κ2) is 5.43. The fraction of sp³-hybridized carbons (Fsp3) is 0.600. The van der Waals surface area contributed by atoms with Crippen LogP contribution in [0.25, 0.3) is 0 Å². The zero-order valence-electron chi connectivity index (χ0n) is 9.07. The fourth-order valence-corrected chi connectivity index (χ4v) is 1.72. The quantitative estimate of drug-likeness (QED) is 0.811. The van der Waals surface area contributed by atoms with E-state index < -0.39 is 0 Å². The third-order valence-corrected chi connectivity index (χ3v) is 2.39. The Morgan fingerprint density at radius 3 is 3.06 bits per heavy atom. The van der Waals surface area contributed by atoms with Crippen LogP contribution in [-0.2, 0) is 9.47 Å². The Hall–Kier alpha value is -0.910. The molecule has 0 bridgehead atoms. The lowest BCUT2D eigenvalue weighted by Gasteiger charge is -2.23. The minimum Gasteiger partial charge on any atom is -0.376 e. The summed E-state index contributed by atoms with van der Waals surface area (Å²) >= 11 is 5.75. The highest BCUT2D eigenvalue weighted by Gasteiger charge is 2.14. The summed E-state index contributed by atoms with van der Waals surface area (Å²) < 4.78 is 10.8. The second-order valence-corrected chi connectivity index (χ2v) is 3.95. The standard InChI is InChI=1S/C10H14ClN3O2/c1-7-4-9(14-10(11)13-7)12-5-8-6-15-2-3-16-8/h4,8H,2-3,5-6H2,1H3,(H,12,13,14). The Balaban J connectivity index is 1.88. The van der Waals surface area contributed by atoms with Gasteiger partial charge in [0.25, 0.3) is 0 Å². The smallest absolute Gasteiger partial charge is 0.224 e. The van der Waals surface area contributed by atoms with Crippen LogP contribution in [0.15, 0.2) is 6.07 Å². The largest absolute Gasteiger partial charge is 0.376 e. The van der Waals surface area contributed by atoms with Crippen LogP contribution in [0, 0.1) is 6.92 Å². The minimum absolute atomic E-state index is 0.0720. The van der Waals surface area contributed by atoms with E-state index in [-0.39, 0.29) is 11.4 Å². The van der Waals surface area contributed by atoms with E-state index in [2.05, 4.69) is 15.3 Å². The van der Waals surface area contributed by atoms with Gasteiger partial charge in [0.1, 0.15) is 5.82 Å². The van der Waals surface area contributed by atoms with Gasteiger partial charge in [-0.2, -0.15) is 0 Å². The molecule has 0 saturated carbocycles. The van der Waals surface area contributed by atoms with E-state index in [1.807, 2.05) is 13.0 Å². The zero-order chi connectivity index (χ0) is 11.4. The van der Waals surface area contributed by atoms with Crippen LogP contribution < -0.4 is 5.32 Å². The third kappa shape index (κ3) is 3.30.